The number of ether oxygens (including phenoxy) is 2. The first kappa shape index (κ1) is 22.2. The normalized spacial score (nSPS) is 17.7. The average molecular weight is 446 g/mol. The SMILES string of the molecule is CCOC(=O)N1C(c2ccccc2)N(c2ccccc2)C(c2ccccc2)N1C(=O)OCC. The molecule has 1 aliphatic rings. The molecule has 2 atom stereocenters. The Labute approximate surface area is 193 Å². The minimum Gasteiger partial charge on any atom is -0.448 e. The van der Waals surface area contributed by atoms with Crippen LogP contribution >= 0.6 is 0 Å². The number of rotatable bonds is 5. The van der Waals surface area contributed by atoms with Crippen LogP contribution in [0.25, 0.3) is 0 Å². The molecule has 1 heterocycles. The summed E-state index contributed by atoms with van der Waals surface area (Å²) in [5.74, 6) is 0. The van der Waals surface area contributed by atoms with Crippen LogP contribution in [0.2, 0.25) is 0 Å². The minimum absolute atomic E-state index is 0.175. The summed E-state index contributed by atoms with van der Waals surface area (Å²) in [6.45, 7) is 3.83. The Balaban J connectivity index is 1.97. The third-order valence-corrected chi connectivity index (χ3v) is 5.38. The quantitative estimate of drug-likeness (QED) is 0.501. The van der Waals surface area contributed by atoms with E-state index in [1.165, 1.54) is 10.0 Å². The van der Waals surface area contributed by atoms with Gasteiger partial charge in [-0.3, -0.25) is 0 Å². The van der Waals surface area contributed by atoms with E-state index in [1.807, 2.05) is 95.9 Å². The molecule has 0 saturated carbocycles. The lowest BCUT2D eigenvalue weighted by atomic mass is 10.1. The van der Waals surface area contributed by atoms with Crippen molar-refractivity contribution in [2.24, 2.45) is 0 Å². The highest BCUT2D eigenvalue weighted by Crippen LogP contribution is 2.47. The van der Waals surface area contributed by atoms with Crippen molar-refractivity contribution in [1.82, 2.24) is 10.0 Å². The maximum atomic E-state index is 13.3. The molecule has 0 radical (unpaired) electrons. The number of hydrogen-bond acceptors (Lipinski definition) is 5. The van der Waals surface area contributed by atoms with Crippen molar-refractivity contribution in [3.63, 3.8) is 0 Å². The molecule has 3 aromatic rings. The Morgan fingerprint density at radius 1 is 0.636 bits per heavy atom. The van der Waals surface area contributed by atoms with Gasteiger partial charge in [0.15, 0.2) is 12.3 Å². The summed E-state index contributed by atoms with van der Waals surface area (Å²) in [6, 6.07) is 28.9. The fraction of sp³-hybridized carbons (Fsp3) is 0.231. The maximum Gasteiger partial charge on any atom is 0.431 e. The number of anilines is 1. The molecule has 2 unspecified atom stereocenters. The number of benzene rings is 3. The maximum absolute atomic E-state index is 13.3. The number of hydrazine groups is 1. The summed E-state index contributed by atoms with van der Waals surface area (Å²) in [5, 5.41) is 2.73. The van der Waals surface area contributed by atoms with Crippen LogP contribution in [-0.4, -0.2) is 35.4 Å². The van der Waals surface area contributed by atoms with Crippen LogP contribution in [0.15, 0.2) is 91.0 Å². The van der Waals surface area contributed by atoms with Crippen molar-refractivity contribution in [2.75, 3.05) is 18.1 Å². The number of para-hydroxylation sites is 1. The predicted molar refractivity (Wildman–Crippen MR) is 125 cm³/mol. The van der Waals surface area contributed by atoms with E-state index < -0.39 is 24.5 Å². The van der Waals surface area contributed by atoms with Crippen molar-refractivity contribution in [2.45, 2.75) is 26.2 Å². The van der Waals surface area contributed by atoms with Gasteiger partial charge in [0.2, 0.25) is 0 Å². The Morgan fingerprint density at radius 3 is 1.36 bits per heavy atom. The average Bonchev–Trinajstić information content (AvgIpc) is 3.22. The molecule has 0 bridgehead atoms. The second kappa shape index (κ2) is 10.1. The van der Waals surface area contributed by atoms with E-state index in [1.54, 1.807) is 13.8 Å². The Bertz CT molecular complexity index is 995. The zero-order valence-electron chi connectivity index (χ0n) is 18.7. The Kier molecular flexibility index (Phi) is 6.78. The van der Waals surface area contributed by atoms with Crippen LogP contribution in [-0.2, 0) is 9.47 Å². The highest BCUT2D eigenvalue weighted by molar-refractivity contribution is 5.78. The van der Waals surface area contributed by atoms with Crippen LogP contribution in [0, 0.1) is 0 Å². The third kappa shape index (κ3) is 4.35. The number of carbonyl (C=O) groups excluding carboxylic acids is 2. The molecule has 1 fully saturated rings. The number of hydrogen-bond donors (Lipinski definition) is 0. The number of nitrogens with zero attached hydrogens (tertiary/aromatic N) is 3. The zero-order chi connectivity index (χ0) is 23.2. The van der Waals surface area contributed by atoms with Crippen molar-refractivity contribution >= 4 is 17.9 Å². The van der Waals surface area contributed by atoms with Gasteiger partial charge in [-0.1, -0.05) is 78.9 Å². The Morgan fingerprint density at radius 2 is 1.00 bits per heavy atom. The molecule has 0 aromatic heterocycles. The van der Waals surface area contributed by atoms with Gasteiger partial charge in [-0.25, -0.2) is 9.59 Å². The van der Waals surface area contributed by atoms with Gasteiger partial charge in [-0.15, -0.1) is 0 Å². The van der Waals surface area contributed by atoms with Crippen LogP contribution in [0.3, 0.4) is 0 Å². The molecule has 1 saturated heterocycles. The van der Waals surface area contributed by atoms with Gasteiger partial charge in [-0.05, 0) is 37.1 Å². The van der Waals surface area contributed by atoms with E-state index in [9.17, 15) is 9.59 Å². The smallest absolute Gasteiger partial charge is 0.431 e. The van der Waals surface area contributed by atoms with Gasteiger partial charge in [0.1, 0.15) is 0 Å². The highest BCUT2D eigenvalue weighted by Gasteiger charge is 2.53. The van der Waals surface area contributed by atoms with Crippen LogP contribution in [0.1, 0.15) is 37.3 Å². The molecular weight excluding hydrogens is 418 g/mol. The standard InChI is InChI=1S/C26H27N3O4/c1-3-32-25(30)28-23(20-14-8-5-9-15-20)27(22-18-12-7-13-19-22)24(21-16-10-6-11-17-21)29(28)26(31)33-4-2/h5-19,23-24H,3-4H2,1-2H3. The van der Waals surface area contributed by atoms with E-state index in [2.05, 4.69) is 0 Å². The minimum atomic E-state index is -0.637. The van der Waals surface area contributed by atoms with E-state index in [0.29, 0.717) is 0 Å². The molecule has 2 amide bonds. The topological polar surface area (TPSA) is 62.3 Å². The van der Waals surface area contributed by atoms with Crippen LogP contribution in [0.4, 0.5) is 15.3 Å². The largest absolute Gasteiger partial charge is 0.448 e. The summed E-state index contributed by atoms with van der Waals surface area (Å²) < 4.78 is 10.8. The van der Waals surface area contributed by atoms with Crippen molar-refractivity contribution in [3.8, 4) is 0 Å². The second-order valence-corrected chi connectivity index (χ2v) is 7.40. The third-order valence-electron chi connectivity index (χ3n) is 5.38. The molecular formula is C26H27N3O4. The summed E-state index contributed by atoms with van der Waals surface area (Å²) >= 11 is 0. The van der Waals surface area contributed by atoms with E-state index >= 15 is 0 Å². The van der Waals surface area contributed by atoms with Crippen LogP contribution in [0.5, 0.6) is 0 Å². The van der Waals surface area contributed by atoms with Gasteiger partial charge >= 0.3 is 12.2 Å². The lowest BCUT2D eigenvalue weighted by molar-refractivity contribution is -0.0218. The first-order chi connectivity index (χ1) is 16.2. The van der Waals surface area contributed by atoms with Gasteiger partial charge in [0.05, 0.1) is 13.2 Å². The molecule has 7 nitrogen and oxygen atoms in total. The fourth-order valence-electron chi connectivity index (χ4n) is 4.10. The van der Waals surface area contributed by atoms with Crippen molar-refractivity contribution in [3.05, 3.63) is 102 Å². The lowest BCUT2D eigenvalue weighted by Crippen LogP contribution is -2.47. The van der Waals surface area contributed by atoms with E-state index in [0.717, 1.165) is 16.8 Å². The monoisotopic (exact) mass is 445 g/mol. The van der Waals surface area contributed by atoms with Crippen molar-refractivity contribution < 1.29 is 19.1 Å². The molecule has 3 aromatic carbocycles. The first-order valence-corrected chi connectivity index (χ1v) is 11.0. The summed E-state index contributed by atoms with van der Waals surface area (Å²) in [7, 11) is 0. The summed E-state index contributed by atoms with van der Waals surface area (Å²) in [4.78, 5) is 28.7. The van der Waals surface area contributed by atoms with Crippen molar-refractivity contribution in [1.29, 1.82) is 0 Å². The highest BCUT2D eigenvalue weighted by atomic mass is 16.6. The summed E-state index contributed by atoms with van der Waals surface area (Å²) in [5.41, 5.74) is 2.52. The van der Waals surface area contributed by atoms with Gasteiger partial charge in [-0.2, -0.15) is 10.0 Å². The summed E-state index contributed by atoms with van der Waals surface area (Å²) in [6.07, 6.45) is -2.53. The lowest BCUT2D eigenvalue weighted by Gasteiger charge is -2.31. The molecule has 33 heavy (non-hydrogen) atoms. The number of carbonyl (C=O) groups is 2. The zero-order valence-corrected chi connectivity index (χ0v) is 18.7. The molecule has 0 aliphatic carbocycles. The molecule has 170 valence electrons. The molecule has 0 spiro atoms. The molecule has 0 N–H and O–H groups in total. The van der Waals surface area contributed by atoms with Gasteiger partial charge in [0, 0.05) is 5.69 Å². The van der Waals surface area contributed by atoms with E-state index in [4.69, 9.17) is 9.47 Å². The molecule has 4 rings (SSSR count). The Hall–Kier alpha value is -4.00. The second-order valence-electron chi connectivity index (χ2n) is 7.40. The van der Waals surface area contributed by atoms with Crippen LogP contribution < -0.4 is 4.90 Å². The van der Waals surface area contributed by atoms with Gasteiger partial charge in [0.25, 0.3) is 0 Å². The molecule has 1 aliphatic heterocycles. The van der Waals surface area contributed by atoms with Gasteiger partial charge < -0.3 is 14.4 Å². The fourth-order valence-corrected chi connectivity index (χ4v) is 4.10. The van der Waals surface area contributed by atoms with E-state index in [-0.39, 0.29) is 13.2 Å². The number of amides is 2. The first-order valence-electron chi connectivity index (χ1n) is 11.0. The predicted octanol–water partition coefficient (Wildman–Crippen LogP) is 5.74. The molecule has 7 heteroatoms.